The first-order valence-electron chi connectivity index (χ1n) is 4.43. The molecule has 0 bridgehead atoms. The summed E-state index contributed by atoms with van der Waals surface area (Å²) in [6.07, 6.45) is 1.33. The van der Waals surface area contributed by atoms with Crippen LogP contribution in [0.3, 0.4) is 0 Å². The molecule has 0 fully saturated rings. The van der Waals surface area contributed by atoms with Crippen LogP contribution < -0.4 is 11.6 Å². The molecule has 82 valence electrons. The topological polar surface area (TPSA) is 100 Å². The monoisotopic (exact) mass is 217 g/mol. The zero-order valence-corrected chi connectivity index (χ0v) is 8.61. The number of nitrogens with two attached hydrogens (primary N) is 2. The van der Waals surface area contributed by atoms with Gasteiger partial charge in [0, 0.05) is 6.20 Å². The van der Waals surface area contributed by atoms with Gasteiger partial charge in [0.05, 0.1) is 12.2 Å². The number of nitrogens with zero attached hydrogens (tertiary/aromatic N) is 1. The first kappa shape index (κ1) is 11.1. The van der Waals surface area contributed by atoms with E-state index in [9.17, 15) is 9.59 Å². The molecule has 0 saturated heterocycles. The lowest BCUT2D eigenvalue weighted by Crippen LogP contribution is -2.21. The van der Waals surface area contributed by atoms with Crippen LogP contribution in [0.4, 0.5) is 0 Å². The first-order chi connectivity index (χ1) is 6.99. The average Bonchev–Trinajstić information content (AvgIpc) is 2.42. The number of amides is 1. The van der Waals surface area contributed by atoms with E-state index in [1.807, 2.05) is 0 Å². The highest BCUT2D eigenvalue weighted by atomic mass is 16.6. The number of carbonyl (C=O) groups excluding carboxylic acids is 2. The van der Waals surface area contributed by atoms with Crippen molar-refractivity contribution in [2.45, 2.75) is 13.8 Å². The third-order valence-corrected chi connectivity index (χ3v) is 2.01. The van der Waals surface area contributed by atoms with Crippen LogP contribution in [-0.4, -0.2) is 23.2 Å². The Labute approximate surface area is 86.8 Å². The molecule has 1 heterocycles. The number of ether oxygens (including phenoxy) is 1. The second-order valence-corrected chi connectivity index (χ2v) is 3.01. The molecule has 1 rings (SSSR count). The molecule has 0 aliphatic rings. The van der Waals surface area contributed by atoms with Crippen molar-refractivity contribution in [1.29, 1.82) is 0 Å². The summed E-state index contributed by atoms with van der Waals surface area (Å²) in [7, 11) is 0. The fraction of sp³-hybridized carbons (Fsp3) is 0.333. The molecule has 1 aromatic rings. The number of esters is 1. The van der Waals surface area contributed by atoms with E-state index in [0.29, 0.717) is 5.56 Å². The van der Waals surface area contributed by atoms with Gasteiger partial charge in [-0.05, 0) is 19.4 Å². The maximum absolute atomic E-state index is 11.4. The Morgan fingerprint density at radius 2 is 2.13 bits per heavy atom. The summed E-state index contributed by atoms with van der Waals surface area (Å²) in [5, 5.41) is 0. The molecule has 0 aliphatic heterocycles. The van der Waals surface area contributed by atoms with Crippen LogP contribution in [0.2, 0.25) is 0 Å². The maximum Gasteiger partial charge on any atom is 0.340 e. The predicted octanol–water partition coefficient (Wildman–Crippen LogP) is -0.214. The van der Waals surface area contributed by atoms with Crippen LogP contribution in [0.5, 0.6) is 0 Å². The average molecular weight is 217 g/mol. The van der Waals surface area contributed by atoms with E-state index in [1.165, 1.54) is 6.20 Å². The maximum atomic E-state index is 11.4. The molecule has 0 aliphatic carbocycles. The van der Waals surface area contributed by atoms with Gasteiger partial charge in [0.1, 0.15) is 5.69 Å². The number of hydrogen-bond acceptors (Lipinski definition) is 4. The van der Waals surface area contributed by atoms with E-state index in [2.05, 4.69) is 0 Å². The predicted molar refractivity (Wildman–Crippen MR) is 53.8 cm³/mol. The van der Waals surface area contributed by atoms with Gasteiger partial charge in [-0.15, -0.1) is 0 Å². The highest BCUT2D eigenvalue weighted by Crippen LogP contribution is 2.15. The smallest absolute Gasteiger partial charge is 0.340 e. The molecule has 0 spiro atoms. The highest BCUT2D eigenvalue weighted by Gasteiger charge is 2.20. The Morgan fingerprint density at radius 3 is 2.53 bits per heavy atom. The number of carbonyl (C=O) groups is 2. The highest BCUT2D eigenvalue weighted by molar-refractivity contribution is 5.99. The van der Waals surface area contributed by atoms with E-state index in [0.717, 1.165) is 4.68 Å². The zero-order valence-electron chi connectivity index (χ0n) is 8.61. The van der Waals surface area contributed by atoms with E-state index >= 15 is 0 Å². The second kappa shape index (κ2) is 4.04. The Bertz CT molecular complexity index is 409. The SMILES string of the molecule is CCO[13C](=O)[13c]1c[15n](N)c(C([15NH2])=O)[13c]1[13CH3]. The molecule has 1 amide bonds. The summed E-state index contributed by atoms with van der Waals surface area (Å²) in [5.41, 5.74) is 5.91. The van der Waals surface area contributed by atoms with Crippen molar-refractivity contribution >= 4 is 11.9 Å². The molecule has 0 unspecified atom stereocenters. The normalized spacial score (nSPS) is 10.0. The number of nitrogen functional groups attached to an aromatic ring is 1. The number of primary amides is 1. The van der Waals surface area contributed by atoms with E-state index in [4.69, 9.17) is 16.3 Å². The van der Waals surface area contributed by atoms with Gasteiger partial charge in [-0.25, -0.2) is 4.79 Å². The van der Waals surface area contributed by atoms with Crippen LogP contribution in [-0.2, 0) is 4.74 Å². The van der Waals surface area contributed by atoms with Crippen LogP contribution in [0, 0.1) is 6.92 Å². The molecule has 0 aromatic carbocycles. The van der Waals surface area contributed by atoms with Gasteiger partial charge in [-0.2, -0.15) is 0 Å². The van der Waals surface area contributed by atoms with Gasteiger partial charge in [0.2, 0.25) is 0 Å². The summed E-state index contributed by atoms with van der Waals surface area (Å²) in [6.45, 7) is 3.55. The summed E-state index contributed by atoms with van der Waals surface area (Å²) >= 11 is 0. The lowest BCUT2D eigenvalue weighted by molar-refractivity contribution is 0.0525. The van der Waals surface area contributed by atoms with Crippen LogP contribution in [0.1, 0.15) is 33.3 Å². The van der Waals surface area contributed by atoms with Gasteiger partial charge >= 0.3 is 5.97 Å². The fourth-order valence-electron chi connectivity index (χ4n) is 1.35. The van der Waals surface area contributed by atoms with Gasteiger partial charge in [-0.1, -0.05) is 0 Å². The van der Waals surface area contributed by atoms with Crippen molar-refractivity contribution in [3.8, 4) is 0 Å². The first-order valence-corrected chi connectivity index (χ1v) is 4.43. The molecule has 1 aromatic heterocycles. The van der Waals surface area contributed by atoms with E-state index in [-0.39, 0.29) is 17.9 Å². The largest absolute Gasteiger partial charge is 0.462 e. The van der Waals surface area contributed by atoms with Gasteiger partial charge in [0.15, 0.2) is 0 Å². The van der Waals surface area contributed by atoms with Crippen molar-refractivity contribution in [3.63, 3.8) is 0 Å². The zero-order chi connectivity index (χ0) is 11.6. The Kier molecular flexibility index (Phi) is 2.99. The van der Waals surface area contributed by atoms with Gasteiger partial charge < -0.3 is 16.3 Å². The summed E-state index contributed by atoms with van der Waals surface area (Å²) < 4.78 is 5.83. The Hall–Kier alpha value is -1.98. The minimum absolute atomic E-state index is 0.109. The lowest BCUT2D eigenvalue weighted by atomic mass is 10.6. The molecule has 0 atom stereocenters. The van der Waals surface area contributed by atoms with Crippen molar-refractivity contribution in [2.75, 3.05) is 12.4 Å². The molecular formula is C9H13N3O3. The molecule has 6 heteroatoms. The van der Waals surface area contributed by atoms with Gasteiger partial charge in [0.25, 0.3) is 5.91 Å². The summed E-state index contributed by atoms with van der Waals surface area (Å²) in [6, 6.07) is 0. The van der Waals surface area contributed by atoms with E-state index in [1.54, 1.807) is 13.8 Å². The summed E-state index contributed by atoms with van der Waals surface area (Å²) in [4.78, 5) is 22.4. The summed E-state index contributed by atoms with van der Waals surface area (Å²) in [5.74, 6) is 4.30. The van der Waals surface area contributed by atoms with Crippen molar-refractivity contribution in [1.82, 2.24) is 4.68 Å². The minimum atomic E-state index is -0.675. The number of aromatic nitrogens is 1. The van der Waals surface area contributed by atoms with Crippen LogP contribution in [0.15, 0.2) is 6.20 Å². The Balaban J connectivity index is 3.17. The standard InChI is InChI=1S/C9H13N3O3/c1-3-15-9(14)6-4-12(11)7(5(6)2)8(10)13/h4H,3,11H2,1-2H3,(H2,10,13)/i2+1,5+1,6+1,9+1,10+1,12+1. The third kappa shape index (κ3) is 1.93. The molecule has 0 saturated carbocycles. The van der Waals surface area contributed by atoms with Crippen molar-refractivity contribution in [3.05, 3.63) is 23.0 Å². The number of rotatable bonds is 3. The quantitative estimate of drug-likeness (QED) is 0.316. The number of hydrogen-bond donors (Lipinski definition) is 2. The van der Waals surface area contributed by atoms with Crippen LogP contribution >= 0.6 is 0 Å². The van der Waals surface area contributed by atoms with Crippen molar-refractivity contribution < 1.29 is 14.3 Å². The molecule has 0 radical (unpaired) electrons. The molecular weight excluding hydrogens is 204 g/mol. The molecule has 15 heavy (non-hydrogen) atoms. The molecule has 4 N–H and O–H groups in total. The van der Waals surface area contributed by atoms with E-state index < -0.39 is 11.9 Å². The minimum Gasteiger partial charge on any atom is -0.462 e. The second-order valence-electron chi connectivity index (χ2n) is 3.01. The lowest BCUT2D eigenvalue weighted by Gasteiger charge is -2.00. The van der Waals surface area contributed by atoms with Crippen molar-refractivity contribution in [2.24, 2.45) is 5.73 Å². The van der Waals surface area contributed by atoms with Crippen LogP contribution in [0.25, 0.3) is 0 Å². The fourth-order valence-corrected chi connectivity index (χ4v) is 1.35. The Morgan fingerprint density at radius 1 is 1.53 bits per heavy atom. The molecule has 6 nitrogen and oxygen atoms in total. The van der Waals surface area contributed by atoms with Gasteiger partial charge in [-0.3, -0.25) is 9.47 Å². The third-order valence-electron chi connectivity index (χ3n) is 2.01.